The van der Waals surface area contributed by atoms with Crippen LogP contribution in [-0.2, 0) is 42.9 Å². The summed E-state index contributed by atoms with van der Waals surface area (Å²) in [6.07, 6.45) is 51.0. The molecule has 12 nitrogen and oxygen atoms in total. The molecule has 0 aromatic rings. The summed E-state index contributed by atoms with van der Waals surface area (Å²) in [5.74, 6) is -3.11. The van der Waals surface area contributed by atoms with Crippen molar-refractivity contribution in [3.63, 3.8) is 0 Å². The van der Waals surface area contributed by atoms with Crippen LogP contribution in [0.3, 0.4) is 0 Å². The number of hydrogen-bond acceptors (Lipinski definition) is 11. The minimum atomic E-state index is -1.91. The average Bonchev–Trinajstić information content (AvgIpc) is 3.43. The summed E-state index contributed by atoms with van der Waals surface area (Å²) >= 11 is 0. The Balaban J connectivity index is 2.67. The SMILES string of the molecule is CCCCC/C=C\C/C=C\CCCCCCCC(=O)OC1C(OCC(COC(=O)CCCCCCCCC/C=C\CCCCCCCC)OC(=O)CCCCCCCCCCCCCCCCC)OC(C(=O)O)C(O)C1O. The molecular formula is C65H116O12. The van der Waals surface area contributed by atoms with E-state index in [9.17, 15) is 34.5 Å². The number of aliphatic hydroxyl groups is 2. The maximum atomic E-state index is 13.2. The third-order valence-electron chi connectivity index (χ3n) is 14.7. The van der Waals surface area contributed by atoms with Crippen molar-refractivity contribution in [2.75, 3.05) is 13.2 Å². The van der Waals surface area contributed by atoms with Crippen LogP contribution >= 0.6 is 0 Å². The zero-order chi connectivity index (χ0) is 56.1. The van der Waals surface area contributed by atoms with E-state index >= 15 is 0 Å². The molecular weight excluding hydrogens is 973 g/mol. The van der Waals surface area contributed by atoms with E-state index in [-0.39, 0.29) is 25.9 Å². The van der Waals surface area contributed by atoms with Crippen LogP contribution in [0.2, 0.25) is 0 Å². The highest BCUT2D eigenvalue weighted by Gasteiger charge is 2.50. The Labute approximate surface area is 470 Å². The molecule has 1 aliphatic rings. The summed E-state index contributed by atoms with van der Waals surface area (Å²) in [6.45, 7) is 5.99. The lowest BCUT2D eigenvalue weighted by molar-refractivity contribution is -0.301. The summed E-state index contributed by atoms with van der Waals surface area (Å²) in [5.41, 5.74) is 0. The van der Waals surface area contributed by atoms with Crippen molar-refractivity contribution in [1.82, 2.24) is 0 Å². The first-order chi connectivity index (χ1) is 37.6. The standard InChI is InChI=1S/C65H116O12/c1-4-7-10-13-16-19-22-25-28-29-32-33-36-39-42-45-48-51-57(66)73-54-56(75-58(67)52-49-46-43-40-37-34-30-26-23-20-17-14-11-8-5-2)55-74-65-63(61(70)60(69)62(77-65)64(71)72)76-59(68)53-50-47-44-41-38-35-31-27-24-21-18-15-12-9-6-3/h18,21,25,27-28,31,56,60-63,65,69-70H,4-17,19-20,22-24,26,29-30,32-55H2,1-3H3,(H,71,72)/b21-18-,28-25-,31-27-. The Morgan fingerprint density at radius 3 is 1.21 bits per heavy atom. The number of esters is 3. The van der Waals surface area contributed by atoms with Crippen molar-refractivity contribution in [1.29, 1.82) is 0 Å². The molecule has 0 amide bonds. The number of allylic oxidation sites excluding steroid dienone is 6. The van der Waals surface area contributed by atoms with Crippen LogP contribution in [0.1, 0.15) is 303 Å². The zero-order valence-electron chi connectivity index (χ0n) is 49.5. The highest BCUT2D eigenvalue weighted by Crippen LogP contribution is 2.27. The minimum Gasteiger partial charge on any atom is -0.479 e. The fourth-order valence-corrected chi connectivity index (χ4v) is 9.75. The van der Waals surface area contributed by atoms with Crippen molar-refractivity contribution in [2.45, 2.75) is 340 Å². The smallest absolute Gasteiger partial charge is 0.335 e. The molecule has 12 heteroatoms. The molecule has 1 aliphatic heterocycles. The Kier molecular flexibility index (Phi) is 50.1. The molecule has 0 spiro atoms. The maximum Gasteiger partial charge on any atom is 0.335 e. The number of carbonyl (C=O) groups excluding carboxylic acids is 3. The highest BCUT2D eigenvalue weighted by atomic mass is 16.7. The average molecular weight is 1090 g/mol. The molecule has 6 atom stereocenters. The van der Waals surface area contributed by atoms with Crippen molar-refractivity contribution < 1.29 is 58.2 Å². The normalized spacial score (nSPS) is 18.2. The molecule has 0 aromatic heterocycles. The van der Waals surface area contributed by atoms with Gasteiger partial charge in [0.25, 0.3) is 0 Å². The summed E-state index contributed by atoms with van der Waals surface area (Å²) in [5, 5.41) is 31.5. The quantitative estimate of drug-likeness (QED) is 0.0228. The van der Waals surface area contributed by atoms with Gasteiger partial charge in [0.2, 0.25) is 0 Å². The number of unbranched alkanes of at least 4 members (excludes halogenated alkanes) is 35. The Morgan fingerprint density at radius 1 is 0.429 bits per heavy atom. The van der Waals surface area contributed by atoms with Gasteiger partial charge in [-0.25, -0.2) is 4.79 Å². The molecule has 0 bridgehead atoms. The van der Waals surface area contributed by atoms with Gasteiger partial charge in [0.05, 0.1) is 6.61 Å². The summed E-state index contributed by atoms with van der Waals surface area (Å²) < 4.78 is 28.5. The molecule has 0 aromatic carbocycles. The van der Waals surface area contributed by atoms with E-state index in [1.54, 1.807) is 0 Å². The first-order valence-electron chi connectivity index (χ1n) is 32.0. The molecule has 448 valence electrons. The van der Waals surface area contributed by atoms with Gasteiger partial charge in [-0.3, -0.25) is 14.4 Å². The Bertz CT molecular complexity index is 1480. The van der Waals surface area contributed by atoms with E-state index in [0.717, 1.165) is 89.9 Å². The van der Waals surface area contributed by atoms with Crippen LogP contribution in [0.25, 0.3) is 0 Å². The van der Waals surface area contributed by atoms with E-state index in [2.05, 4.69) is 57.2 Å². The van der Waals surface area contributed by atoms with Gasteiger partial charge >= 0.3 is 23.9 Å². The van der Waals surface area contributed by atoms with Crippen molar-refractivity contribution in [2.24, 2.45) is 0 Å². The predicted octanol–water partition coefficient (Wildman–Crippen LogP) is 16.8. The van der Waals surface area contributed by atoms with Gasteiger partial charge in [-0.2, -0.15) is 0 Å². The molecule has 1 saturated heterocycles. The number of carboxylic acids is 1. The molecule has 0 radical (unpaired) electrons. The van der Waals surface area contributed by atoms with Crippen LogP contribution < -0.4 is 0 Å². The molecule has 1 heterocycles. The van der Waals surface area contributed by atoms with E-state index in [4.69, 9.17) is 23.7 Å². The van der Waals surface area contributed by atoms with Gasteiger partial charge in [0, 0.05) is 19.3 Å². The number of carbonyl (C=O) groups is 4. The molecule has 77 heavy (non-hydrogen) atoms. The van der Waals surface area contributed by atoms with E-state index in [1.807, 2.05) is 0 Å². The minimum absolute atomic E-state index is 0.0473. The fourth-order valence-electron chi connectivity index (χ4n) is 9.75. The van der Waals surface area contributed by atoms with Gasteiger partial charge in [-0.15, -0.1) is 0 Å². The van der Waals surface area contributed by atoms with Gasteiger partial charge in [0.15, 0.2) is 24.6 Å². The second-order valence-corrected chi connectivity index (χ2v) is 22.0. The lowest BCUT2D eigenvalue weighted by Crippen LogP contribution is -2.61. The number of rotatable bonds is 55. The van der Waals surface area contributed by atoms with Crippen molar-refractivity contribution in [3.8, 4) is 0 Å². The molecule has 1 fully saturated rings. The van der Waals surface area contributed by atoms with E-state index < -0.39 is 67.3 Å². The van der Waals surface area contributed by atoms with Crippen LogP contribution in [-0.4, -0.2) is 89.2 Å². The molecule has 0 aliphatic carbocycles. The first kappa shape index (κ1) is 72.0. The van der Waals surface area contributed by atoms with Crippen molar-refractivity contribution in [3.05, 3.63) is 36.5 Å². The lowest BCUT2D eigenvalue weighted by Gasteiger charge is -2.40. The largest absolute Gasteiger partial charge is 0.479 e. The lowest BCUT2D eigenvalue weighted by atomic mass is 9.98. The van der Waals surface area contributed by atoms with Gasteiger partial charge in [-0.05, 0) is 77.0 Å². The van der Waals surface area contributed by atoms with E-state index in [0.29, 0.717) is 19.3 Å². The molecule has 3 N–H and O–H groups in total. The second kappa shape index (κ2) is 53.6. The molecule has 6 unspecified atom stereocenters. The summed E-state index contributed by atoms with van der Waals surface area (Å²) in [7, 11) is 0. The monoisotopic (exact) mass is 1090 g/mol. The third kappa shape index (κ3) is 43.4. The van der Waals surface area contributed by atoms with Crippen molar-refractivity contribution >= 4 is 23.9 Å². The van der Waals surface area contributed by atoms with Crippen LogP contribution in [0.15, 0.2) is 36.5 Å². The number of aliphatic carboxylic acids is 1. The molecule has 1 rings (SSSR count). The summed E-state index contributed by atoms with van der Waals surface area (Å²) in [4.78, 5) is 51.2. The van der Waals surface area contributed by atoms with Gasteiger partial charge < -0.3 is 39.0 Å². The first-order valence-corrected chi connectivity index (χ1v) is 32.0. The Morgan fingerprint density at radius 2 is 0.779 bits per heavy atom. The third-order valence-corrected chi connectivity index (χ3v) is 14.7. The second-order valence-electron chi connectivity index (χ2n) is 22.0. The number of carboxylic acid groups (broad SMARTS) is 1. The van der Waals surface area contributed by atoms with Gasteiger partial charge in [-0.1, -0.05) is 243 Å². The number of ether oxygens (including phenoxy) is 5. The zero-order valence-corrected chi connectivity index (χ0v) is 49.5. The molecule has 0 saturated carbocycles. The summed E-state index contributed by atoms with van der Waals surface area (Å²) in [6, 6.07) is 0. The van der Waals surface area contributed by atoms with Crippen LogP contribution in [0.5, 0.6) is 0 Å². The predicted molar refractivity (Wildman–Crippen MR) is 313 cm³/mol. The fraction of sp³-hybridized carbons (Fsp3) is 0.846. The highest BCUT2D eigenvalue weighted by molar-refractivity contribution is 5.74. The van der Waals surface area contributed by atoms with Gasteiger partial charge in [0.1, 0.15) is 18.8 Å². The number of aliphatic hydroxyl groups excluding tert-OH is 2. The maximum absolute atomic E-state index is 13.2. The van der Waals surface area contributed by atoms with Crippen LogP contribution in [0.4, 0.5) is 0 Å². The Hall–Kier alpha value is -3.06. The number of hydrogen-bond donors (Lipinski definition) is 3. The topological polar surface area (TPSA) is 175 Å². The van der Waals surface area contributed by atoms with Crippen LogP contribution in [0, 0.1) is 0 Å². The van der Waals surface area contributed by atoms with E-state index in [1.165, 1.54) is 154 Å².